The fourth-order valence-electron chi connectivity index (χ4n) is 3.60. The lowest BCUT2D eigenvalue weighted by Crippen LogP contribution is -2.61. The number of carbonyl (C=O) groups excluding carboxylic acids is 1. The van der Waals surface area contributed by atoms with Gasteiger partial charge in [-0.25, -0.2) is 4.98 Å². The zero-order valence-electron chi connectivity index (χ0n) is 16.1. The van der Waals surface area contributed by atoms with E-state index in [0.717, 1.165) is 57.4 Å². The third kappa shape index (κ3) is 4.45. The van der Waals surface area contributed by atoms with Crippen molar-refractivity contribution in [3.8, 4) is 5.75 Å². The highest BCUT2D eigenvalue weighted by Gasteiger charge is 2.31. The van der Waals surface area contributed by atoms with Crippen LogP contribution in [0.5, 0.6) is 5.75 Å². The van der Waals surface area contributed by atoms with Gasteiger partial charge in [-0.1, -0.05) is 0 Å². The number of hydrogen-bond acceptors (Lipinski definition) is 6. The molecule has 2 aliphatic heterocycles. The second-order valence-corrected chi connectivity index (χ2v) is 7.19. The largest absolute Gasteiger partial charge is 0.492 e. The van der Waals surface area contributed by atoms with Gasteiger partial charge < -0.3 is 19.9 Å². The van der Waals surface area contributed by atoms with E-state index in [-0.39, 0.29) is 11.9 Å². The Morgan fingerprint density at radius 1 is 1.27 bits per heavy atom. The second-order valence-electron chi connectivity index (χ2n) is 7.19. The number of pyridine rings is 1. The number of nitrogens with one attached hydrogen (secondary N) is 1. The van der Waals surface area contributed by atoms with Crippen LogP contribution >= 0.6 is 0 Å². The molecule has 7 nitrogen and oxygen atoms in total. The van der Waals surface area contributed by atoms with Crippen molar-refractivity contribution in [3.63, 3.8) is 0 Å². The quantitative estimate of drug-likeness (QED) is 0.838. The van der Waals surface area contributed by atoms with Crippen molar-refractivity contribution in [1.29, 1.82) is 0 Å². The van der Waals surface area contributed by atoms with Crippen LogP contribution in [0.4, 0.5) is 5.82 Å². The predicted octanol–water partition coefficient (Wildman–Crippen LogP) is 0.811. The number of piperazine rings is 2. The maximum atomic E-state index is 12.9. The minimum Gasteiger partial charge on any atom is -0.492 e. The predicted molar refractivity (Wildman–Crippen MR) is 103 cm³/mol. The molecule has 144 valence electrons. The van der Waals surface area contributed by atoms with Gasteiger partial charge in [-0.15, -0.1) is 0 Å². The SMILES string of the molecule is CCOc1ccc(N2CCN(C(=O)C3CN(C(C)C)CCN3)CC2)nc1. The Morgan fingerprint density at radius 3 is 2.65 bits per heavy atom. The zero-order chi connectivity index (χ0) is 18.5. The average molecular weight is 361 g/mol. The zero-order valence-corrected chi connectivity index (χ0v) is 16.1. The van der Waals surface area contributed by atoms with Crippen LogP contribution in [-0.4, -0.2) is 85.2 Å². The summed E-state index contributed by atoms with van der Waals surface area (Å²) in [5.74, 6) is 1.97. The first-order valence-electron chi connectivity index (χ1n) is 9.68. The van der Waals surface area contributed by atoms with Crippen LogP contribution in [0.25, 0.3) is 0 Å². The summed E-state index contributed by atoms with van der Waals surface area (Å²) in [6.07, 6.45) is 1.77. The van der Waals surface area contributed by atoms with Gasteiger partial charge in [0, 0.05) is 51.9 Å². The van der Waals surface area contributed by atoms with Gasteiger partial charge in [-0.2, -0.15) is 0 Å². The van der Waals surface area contributed by atoms with Crippen molar-refractivity contribution in [2.75, 3.05) is 57.3 Å². The molecular weight excluding hydrogens is 330 g/mol. The molecule has 1 unspecified atom stereocenters. The fourth-order valence-corrected chi connectivity index (χ4v) is 3.60. The van der Waals surface area contributed by atoms with E-state index in [1.54, 1.807) is 6.20 Å². The molecule has 0 aliphatic carbocycles. The Kier molecular flexibility index (Phi) is 6.32. The summed E-state index contributed by atoms with van der Waals surface area (Å²) in [6.45, 7) is 12.8. The summed E-state index contributed by atoms with van der Waals surface area (Å²) in [5.41, 5.74) is 0. The summed E-state index contributed by atoms with van der Waals surface area (Å²) in [5, 5.41) is 3.39. The lowest BCUT2D eigenvalue weighted by Gasteiger charge is -2.40. The normalized spacial score (nSPS) is 21.9. The number of amides is 1. The van der Waals surface area contributed by atoms with Crippen LogP contribution in [0.2, 0.25) is 0 Å². The van der Waals surface area contributed by atoms with Crippen molar-refractivity contribution in [2.24, 2.45) is 0 Å². The van der Waals surface area contributed by atoms with Gasteiger partial charge in [0.2, 0.25) is 5.91 Å². The lowest BCUT2D eigenvalue weighted by atomic mass is 10.1. The highest BCUT2D eigenvalue weighted by molar-refractivity contribution is 5.82. The Balaban J connectivity index is 1.52. The summed E-state index contributed by atoms with van der Waals surface area (Å²) in [4.78, 5) is 24.0. The van der Waals surface area contributed by atoms with Gasteiger partial charge in [0.15, 0.2) is 0 Å². The first-order valence-corrected chi connectivity index (χ1v) is 9.68. The van der Waals surface area contributed by atoms with E-state index >= 15 is 0 Å². The maximum absolute atomic E-state index is 12.9. The molecule has 7 heteroatoms. The Labute approximate surface area is 156 Å². The number of rotatable bonds is 5. The number of anilines is 1. The molecule has 2 fully saturated rings. The third-order valence-electron chi connectivity index (χ3n) is 5.18. The van der Waals surface area contributed by atoms with Crippen LogP contribution in [0.15, 0.2) is 18.3 Å². The Bertz CT molecular complexity index is 584. The van der Waals surface area contributed by atoms with Crippen LogP contribution < -0.4 is 15.0 Å². The molecule has 0 aromatic carbocycles. The van der Waals surface area contributed by atoms with Gasteiger partial charge >= 0.3 is 0 Å². The average Bonchev–Trinajstić information content (AvgIpc) is 2.68. The van der Waals surface area contributed by atoms with Crippen molar-refractivity contribution < 1.29 is 9.53 Å². The Hall–Kier alpha value is -1.86. The fraction of sp³-hybridized carbons (Fsp3) is 0.684. The highest BCUT2D eigenvalue weighted by Crippen LogP contribution is 2.18. The lowest BCUT2D eigenvalue weighted by molar-refractivity contribution is -0.135. The van der Waals surface area contributed by atoms with Gasteiger partial charge in [0.05, 0.1) is 18.8 Å². The van der Waals surface area contributed by atoms with E-state index in [0.29, 0.717) is 12.6 Å². The van der Waals surface area contributed by atoms with E-state index in [1.807, 2.05) is 24.0 Å². The van der Waals surface area contributed by atoms with E-state index in [4.69, 9.17) is 4.74 Å². The van der Waals surface area contributed by atoms with Crippen LogP contribution in [0.3, 0.4) is 0 Å². The first kappa shape index (κ1) is 18.9. The van der Waals surface area contributed by atoms with Gasteiger partial charge in [0.25, 0.3) is 0 Å². The van der Waals surface area contributed by atoms with Gasteiger partial charge in [0.1, 0.15) is 11.6 Å². The molecule has 1 amide bonds. The van der Waals surface area contributed by atoms with Gasteiger partial charge in [-0.3, -0.25) is 9.69 Å². The number of ether oxygens (including phenoxy) is 1. The van der Waals surface area contributed by atoms with E-state index < -0.39 is 0 Å². The molecule has 3 heterocycles. The molecule has 0 bridgehead atoms. The summed E-state index contributed by atoms with van der Waals surface area (Å²) in [7, 11) is 0. The monoisotopic (exact) mass is 361 g/mol. The molecule has 2 aliphatic rings. The van der Waals surface area contributed by atoms with Crippen molar-refractivity contribution in [1.82, 2.24) is 20.1 Å². The van der Waals surface area contributed by atoms with Crippen molar-refractivity contribution in [3.05, 3.63) is 18.3 Å². The van der Waals surface area contributed by atoms with Crippen molar-refractivity contribution >= 4 is 11.7 Å². The molecule has 1 atom stereocenters. The molecule has 0 radical (unpaired) electrons. The number of nitrogens with zero attached hydrogens (tertiary/aromatic N) is 4. The molecule has 1 aromatic rings. The summed E-state index contributed by atoms with van der Waals surface area (Å²) < 4.78 is 5.44. The van der Waals surface area contributed by atoms with Crippen LogP contribution in [0, 0.1) is 0 Å². The van der Waals surface area contributed by atoms with E-state index in [9.17, 15) is 4.79 Å². The minimum atomic E-state index is -0.0821. The van der Waals surface area contributed by atoms with Gasteiger partial charge in [-0.05, 0) is 32.9 Å². The minimum absolute atomic E-state index is 0.0821. The molecule has 26 heavy (non-hydrogen) atoms. The maximum Gasteiger partial charge on any atom is 0.241 e. The molecule has 0 spiro atoms. The number of hydrogen-bond donors (Lipinski definition) is 1. The molecular formula is C19H31N5O2. The second kappa shape index (κ2) is 8.68. The smallest absolute Gasteiger partial charge is 0.241 e. The number of aromatic nitrogens is 1. The van der Waals surface area contributed by atoms with Crippen molar-refractivity contribution in [2.45, 2.75) is 32.9 Å². The number of carbonyl (C=O) groups is 1. The summed E-state index contributed by atoms with van der Waals surface area (Å²) >= 11 is 0. The van der Waals surface area contributed by atoms with Crippen LogP contribution in [0.1, 0.15) is 20.8 Å². The first-order chi connectivity index (χ1) is 12.6. The highest BCUT2D eigenvalue weighted by atomic mass is 16.5. The third-order valence-corrected chi connectivity index (χ3v) is 5.18. The Morgan fingerprint density at radius 2 is 2.04 bits per heavy atom. The van der Waals surface area contributed by atoms with E-state index in [2.05, 4.69) is 33.9 Å². The van der Waals surface area contributed by atoms with E-state index in [1.165, 1.54) is 0 Å². The molecule has 2 saturated heterocycles. The topological polar surface area (TPSA) is 60.9 Å². The molecule has 0 saturated carbocycles. The summed E-state index contributed by atoms with van der Waals surface area (Å²) in [6, 6.07) is 4.35. The van der Waals surface area contributed by atoms with Crippen LogP contribution in [-0.2, 0) is 4.79 Å². The molecule has 1 aromatic heterocycles. The molecule has 3 rings (SSSR count). The molecule has 1 N–H and O–H groups in total. The standard InChI is InChI=1S/C19H31N5O2/c1-4-26-16-5-6-18(21-13-16)22-9-11-23(12-10-22)19(25)17-14-24(15(2)3)8-7-20-17/h5-6,13,15,17,20H,4,7-12,14H2,1-3H3.